The fraction of sp³-hybridized carbons (Fsp3) is 0.611. The van der Waals surface area contributed by atoms with Crippen LogP contribution < -0.4 is 16.1 Å². The molecule has 1 rings (SSSR count). The van der Waals surface area contributed by atoms with Gasteiger partial charge >= 0.3 is 11.7 Å². The highest BCUT2D eigenvalue weighted by molar-refractivity contribution is 5.74. The molecule has 0 spiro atoms. The number of nitrogens with one attached hydrogen (secondary N) is 1. The van der Waals surface area contributed by atoms with Crippen LogP contribution >= 0.6 is 0 Å². The Hall–Kier alpha value is -2.11. The predicted molar refractivity (Wildman–Crippen MR) is 93.8 cm³/mol. The fourth-order valence-electron chi connectivity index (χ4n) is 2.47. The number of nitrogens with zero attached hydrogens (tertiary/aromatic N) is 1. The molecule has 24 heavy (non-hydrogen) atoms. The number of aromatic amines is 1. The summed E-state index contributed by atoms with van der Waals surface area (Å²) in [5.74, 6) is -0.994. The molecule has 6 nitrogen and oxygen atoms in total. The van der Waals surface area contributed by atoms with Crippen LogP contribution in [0.2, 0.25) is 0 Å². The van der Waals surface area contributed by atoms with E-state index in [0.29, 0.717) is 6.42 Å². The molecule has 0 fully saturated rings. The molecule has 0 aliphatic carbocycles. The molecule has 0 saturated heterocycles. The molecule has 134 valence electrons. The zero-order valence-corrected chi connectivity index (χ0v) is 14.5. The summed E-state index contributed by atoms with van der Waals surface area (Å²) in [5.41, 5.74) is -1.31. The van der Waals surface area contributed by atoms with Gasteiger partial charge in [-0.2, -0.15) is 0 Å². The Balaban J connectivity index is 2.32. The molecule has 1 aromatic rings. The molecule has 0 bridgehead atoms. The summed E-state index contributed by atoms with van der Waals surface area (Å²) in [6, 6.07) is 1.12. The van der Waals surface area contributed by atoms with Gasteiger partial charge in [-0.3, -0.25) is 9.78 Å². The Morgan fingerprint density at radius 1 is 1.21 bits per heavy atom. The van der Waals surface area contributed by atoms with E-state index in [0.717, 1.165) is 29.8 Å². The molecule has 1 atom stereocenters. The Morgan fingerprint density at radius 3 is 2.42 bits per heavy atom. The molecule has 0 aliphatic heterocycles. The van der Waals surface area contributed by atoms with Crippen molar-refractivity contribution in [1.82, 2.24) is 9.71 Å². The summed E-state index contributed by atoms with van der Waals surface area (Å²) < 4.78 is 0.730. The quantitative estimate of drug-likeness (QED) is 0.470. The second-order valence-corrected chi connectivity index (χ2v) is 5.95. The van der Waals surface area contributed by atoms with Gasteiger partial charge in [0.05, 0.1) is 12.1 Å². The maximum absolute atomic E-state index is 12.1. The number of hydrogen-bond acceptors (Lipinski definition) is 4. The molecule has 0 radical (unpaired) electrons. The third kappa shape index (κ3) is 7.44. The second kappa shape index (κ2) is 11.4. The zero-order valence-electron chi connectivity index (χ0n) is 14.5. The highest BCUT2D eigenvalue weighted by Crippen LogP contribution is 2.14. The molecule has 1 heterocycles. The highest BCUT2D eigenvalue weighted by Gasteiger charge is 2.17. The van der Waals surface area contributed by atoms with Crippen LogP contribution in [0.1, 0.15) is 64.7 Å². The first kappa shape index (κ1) is 19.9. The van der Waals surface area contributed by atoms with E-state index in [1.54, 1.807) is 6.08 Å². The summed E-state index contributed by atoms with van der Waals surface area (Å²) in [7, 11) is 0. The average molecular weight is 336 g/mol. The van der Waals surface area contributed by atoms with E-state index >= 15 is 0 Å². The number of unbranched alkanes of at least 4 members (excludes halogenated alkanes) is 7. The number of carbonyl (C=O) groups is 1. The minimum absolute atomic E-state index is 0.455. The number of rotatable bonds is 12. The van der Waals surface area contributed by atoms with Gasteiger partial charge in [0.15, 0.2) is 0 Å². The van der Waals surface area contributed by atoms with Gasteiger partial charge in [-0.25, -0.2) is 9.59 Å². The third-order valence-electron chi connectivity index (χ3n) is 3.94. The minimum Gasteiger partial charge on any atom is -0.332 e. The van der Waals surface area contributed by atoms with Gasteiger partial charge in [0.25, 0.3) is 5.56 Å². The molecular weight excluding hydrogens is 308 g/mol. The van der Waals surface area contributed by atoms with Crippen molar-refractivity contribution in [2.75, 3.05) is 0 Å². The van der Waals surface area contributed by atoms with E-state index in [2.05, 4.69) is 13.5 Å². The smallest absolute Gasteiger partial charge is 0.332 e. The number of H-pyrrole nitrogens is 1. The first-order valence-corrected chi connectivity index (χ1v) is 8.75. The van der Waals surface area contributed by atoms with Crippen molar-refractivity contribution >= 4 is 5.97 Å². The third-order valence-corrected chi connectivity index (χ3v) is 3.94. The van der Waals surface area contributed by atoms with E-state index in [-0.39, 0.29) is 0 Å². The van der Waals surface area contributed by atoms with Gasteiger partial charge in [0, 0.05) is 6.07 Å². The Bertz CT molecular complexity index is 618. The number of aromatic nitrogens is 2. The van der Waals surface area contributed by atoms with Crippen molar-refractivity contribution in [2.45, 2.75) is 64.7 Å². The topological polar surface area (TPSA) is 81.2 Å². The predicted octanol–water partition coefficient (Wildman–Crippen LogP) is 2.82. The van der Waals surface area contributed by atoms with E-state index in [9.17, 15) is 14.4 Å². The van der Waals surface area contributed by atoms with E-state index in [4.69, 9.17) is 4.84 Å². The van der Waals surface area contributed by atoms with E-state index < -0.39 is 23.1 Å². The Morgan fingerprint density at radius 2 is 1.83 bits per heavy atom. The van der Waals surface area contributed by atoms with Crippen LogP contribution in [0.3, 0.4) is 0 Å². The van der Waals surface area contributed by atoms with Crippen molar-refractivity contribution in [2.24, 2.45) is 5.92 Å². The monoisotopic (exact) mass is 336 g/mol. The molecule has 1 unspecified atom stereocenters. The van der Waals surface area contributed by atoms with Gasteiger partial charge in [-0.1, -0.05) is 64.4 Å². The standard InChI is InChI=1S/C18H28N2O4/c1-3-5-6-7-8-9-10-11-12-15(4-2)17(22)24-20-14-13-16(21)19-18(20)23/h4,13-15H,2-3,5-12H2,1H3,(H,19,21,23). The Kier molecular flexibility index (Phi) is 9.49. The molecule has 0 aromatic carbocycles. The van der Waals surface area contributed by atoms with E-state index in [1.807, 2.05) is 4.98 Å². The van der Waals surface area contributed by atoms with Crippen LogP contribution in [-0.2, 0) is 4.79 Å². The summed E-state index contributed by atoms with van der Waals surface area (Å²) in [5, 5.41) is 0. The first-order valence-electron chi connectivity index (χ1n) is 8.75. The highest BCUT2D eigenvalue weighted by atomic mass is 16.7. The molecule has 1 aromatic heterocycles. The van der Waals surface area contributed by atoms with Crippen LogP contribution in [0.4, 0.5) is 0 Å². The summed E-state index contributed by atoms with van der Waals surface area (Å²) in [6.45, 7) is 5.87. The van der Waals surface area contributed by atoms with Crippen LogP contribution in [0.5, 0.6) is 0 Å². The summed E-state index contributed by atoms with van der Waals surface area (Å²) in [6.07, 6.45) is 12.8. The second-order valence-electron chi connectivity index (χ2n) is 5.95. The molecule has 6 heteroatoms. The molecular formula is C18H28N2O4. The lowest BCUT2D eigenvalue weighted by Crippen LogP contribution is -2.37. The summed E-state index contributed by atoms with van der Waals surface area (Å²) >= 11 is 0. The lowest BCUT2D eigenvalue weighted by atomic mass is 10.0. The SMILES string of the molecule is C=CC(CCCCCCCCCC)C(=O)On1ccc(=O)[nH]c1=O. The lowest BCUT2D eigenvalue weighted by Gasteiger charge is -2.12. The van der Waals surface area contributed by atoms with Crippen LogP contribution in [0.25, 0.3) is 0 Å². The van der Waals surface area contributed by atoms with E-state index in [1.165, 1.54) is 38.5 Å². The summed E-state index contributed by atoms with van der Waals surface area (Å²) in [4.78, 5) is 41.6. The van der Waals surface area contributed by atoms with Gasteiger partial charge in [-0.05, 0) is 6.42 Å². The van der Waals surface area contributed by atoms with Gasteiger partial charge in [0.2, 0.25) is 0 Å². The minimum atomic E-state index is -0.772. The normalized spacial score (nSPS) is 11.9. The van der Waals surface area contributed by atoms with Crippen molar-refractivity contribution in [1.29, 1.82) is 0 Å². The van der Waals surface area contributed by atoms with Crippen molar-refractivity contribution in [3.8, 4) is 0 Å². The fourth-order valence-corrected chi connectivity index (χ4v) is 2.47. The largest absolute Gasteiger partial charge is 0.361 e. The Labute approximate surface area is 142 Å². The average Bonchev–Trinajstić information content (AvgIpc) is 2.56. The van der Waals surface area contributed by atoms with Gasteiger partial charge in [-0.15, -0.1) is 11.3 Å². The zero-order chi connectivity index (χ0) is 17.8. The van der Waals surface area contributed by atoms with Crippen molar-refractivity contribution < 1.29 is 9.63 Å². The number of hydrogen-bond donors (Lipinski definition) is 1. The van der Waals surface area contributed by atoms with Gasteiger partial charge in [0.1, 0.15) is 0 Å². The number of carbonyl (C=O) groups excluding carboxylic acids is 1. The first-order chi connectivity index (χ1) is 11.6. The molecule has 0 aliphatic rings. The maximum Gasteiger partial charge on any atom is 0.361 e. The van der Waals surface area contributed by atoms with Crippen LogP contribution in [0.15, 0.2) is 34.5 Å². The van der Waals surface area contributed by atoms with Gasteiger partial charge < -0.3 is 4.84 Å². The van der Waals surface area contributed by atoms with Crippen molar-refractivity contribution in [3.63, 3.8) is 0 Å². The van der Waals surface area contributed by atoms with Crippen LogP contribution in [0, 0.1) is 5.92 Å². The molecule has 1 N–H and O–H groups in total. The molecule has 0 saturated carbocycles. The lowest BCUT2D eigenvalue weighted by molar-refractivity contribution is -0.148. The van der Waals surface area contributed by atoms with Crippen molar-refractivity contribution in [3.05, 3.63) is 45.8 Å². The maximum atomic E-state index is 12.1. The van der Waals surface area contributed by atoms with Crippen LogP contribution in [-0.4, -0.2) is 15.7 Å². The molecule has 0 amide bonds.